The molecule has 0 bridgehead atoms. The molecule has 1 saturated carbocycles. The number of amides is 1. The Morgan fingerprint density at radius 2 is 1.95 bits per heavy atom. The average Bonchev–Trinajstić information content (AvgIpc) is 2.49. The molecule has 1 aromatic carbocycles. The molecule has 0 saturated heterocycles. The fourth-order valence-corrected chi connectivity index (χ4v) is 2.89. The second-order valence-corrected chi connectivity index (χ2v) is 5.69. The van der Waals surface area contributed by atoms with Gasteiger partial charge < -0.3 is 15.4 Å². The summed E-state index contributed by atoms with van der Waals surface area (Å²) in [6.07, 6.45) is 5.75. The van der Waals surface area contributed by atoms with Crippen LogP contribution in [0.4, 0.5) is 5.69 Å². The van der Waals surface area contributed by atoms with Gasteiger partial charge in [-0.2, -0.15) is 0 Å². The van der Waals surface area contributed by atoms with Crippen LogP contribution in [0.15, 0.2) is 12.1 Å². The van der Waals surface area contributed by atoms with Crippen molar-refractivity contribution in [2.45, 2.75) is 38.1 Å². The van der Waals surface area contributed by atoms with E-state index in [0.717, 1.165) is 12.8 Å². The normalized spacial score (nSPS) is 15.2. The first-order valence-electron chi connectivity index (χ1n) is 6.94. The summed E-state index contributed by atoms with van der Waals surface area (Å²) in [5.74, 6) is 0.412. The lowest BCUT2D eigenvalue weighted by atomic mass is 9.94. The first-order valence-corrected chi connectivity index (χ1v) is 7.32. The van der Waals surface area contributed by atoms with Crippen molar-refractivity contribution < 1.29 is 9.53 Å². The maximum atomic E-state index is 12.6. The van der Waals surface area contributed by atoms with Crippen LogP contribution in [-0.2, 0) is 0 Å². The van der Waals surface area contributed by atoms with E-state index in [1.54, 1.807) is 12.1 Å². The Morgan fingerprint density at radius 3 is 2.52 bits per heavy atom. The highest BCUT2D eigenvalue weighted by Crippen LogP contribution is 2.31. The molecule has 0 radical (unpaired) electrons. The highest BCUT2D eigenvalue weighted by atomic mass is 35.5. The molecule has 0 heterocycles. The molecule has 0 aromatic heterocycles. The highest BCUT2D eigenvalue weighted by molar-refractivity contribution is 6.33. The Hall–Kier alpha value is -1.13. The molecule has 4 nitrogen and oxygen atoms in total. The van der Waals surface area contributed by atoms with E-state index in [9.17, 15) is 4.79 Å². The van der Waals surface area contributed by atoms with Crippen LogP contribution in [0.2, 0.25) is 5.02 Å². The van der Waals surface area contributed by atoms with Gasteiger partial charge in [0.2, 0.25) is 0 Å². The standard InChI is InChI=1S/C15H21ClN2O2.ClH/c1-18(10-6-4-3-5-7-10)15(19)11-8-12(16)13(17)9-14(11)20-2;/h8-10H,3-7,17H2,1-2H3;1H. The molecule has 1 fully saturated rings. The molecule has 2 N–H and O–H groups in total. The molecule has 1 aromatic rings. The number of nitrogens with two attached hydrogens (primary N) is 1. The molecule has 0 aliphatic heterocycles. The zero-order valence-corrected chi connectivity index (χ0v) is 14.0. The minimum Gasteiger partial charge on any atom is -0.496 e. The van der Waals surface area contributed by atoms with Crippen molar-refractivity contribution in [2.75, 3.05) is 19.9 Å². The molecule has 1 amide bonds. The van der Waals surface area contributed by atoms with E-state index in [-0.39, 0.29) is 18.3 Å². The van der Waals surface area contributed by atoms with Crippen LogP contribution in [0.5, 0.6) is 5.75 Å². The molecule has 0 spiro atoms. The quantitative estimate of drug-likeness (QED) is 0.857. The third-order valence-electron chi connectivity index (χ3n) is 3.99. The zero-order chi connectivity index (χ0) is 14.7. The van der Waals surface area contributed by atoms with Crippen molar-refractivity contribution in [3.05, 3.63) is 22.7 Å². The van der Waals surface area contributed by atoms with Crippen LogP contribution >= 0.6 is 24.0 Å². The number of ether oxygens (including phenoxy) is 1. The van der Waals surface area contributed by atoms with Crippen molar-refractivity contribution in [3.63, 3.8) is 0 Å². The second-order valence-electron chi connectivity index (χ2n) is 5.28. The number of hydrogen-bond acceptors (Lipinski definition) is 3. The molecule has 118 valence electrons. The van der Waals surface area contributed by atoms with Gasteiger partial charge in [0, 0.05) is 19.2 Å². The lowest BCUT2D eigenvalue weighted by Crippen LogP contribution is -2.38. The summed E-state index contributed by atoms with van der Waals surface area (Å²) in [5, 5.41) is 0.381. The molecule has 2 rings (SSSR count). The number of halogens is 2. The fraction of sp³-hybridized carbons (Fsp3) is 0.533. The predicted molar refractivity (Wildman–Crippen MR) is 88.6 cm³/mol. The summed E-state index contributed by atoms with van der Waals surface area (Å²) in [4.78, 5) is 14.4. The van der Waals surface area contributed by atoms with Crippen LogP contribution in [-0.4, -0.2) is 31.0 Å². The summed E-state index contributed by atoms with van der Waals surface area (Å²) < 4.78 is 5.25. The van der Waals surface area contributed by atoms with E-state index in [2.05, 4.69) is 0 Å². The third kappa shape index (κ3) is 3.95. The summed E-state index contributed by atoms with van der Waals surface area (Å²) >= 11 is 6.03. The number of hydrogen-bond donors (Lipinski definition) is 1. The largest absolute Gasteiger partial charge is 0.496 e. The first kappa shape index (κ1) is 17.9. The van der Waals surface area contributed by atoms with Crippen LogP contribution in [0.25, 0.3) is 0 Å². The van der Waals surface area contributed by atoms with Gasteiger partial charge in [0.1, 0.15) is 5.75 Å². The summed E-state index contributed by atoms with van der Waals surface area (Å²) in [7, 11) is 3.38. The maximum Gasteiger partial charge on any atom is 0.257 e. The second kappa shape index (κ2) is 7.76. The van der Waals surface area contributed by atoms with E-state index in [4.69, 9.17) is 22.1 Å². The fourth-order valence-electron chi connectivity index (χ4n) is 2.73. The van der Waals surface area contributed by atoms with Crippen LogP contribution in [0, 0.1) is 0 Å². The molecular formula is C15H22Cl2N2O2. The predicted octanol–water partition coefficient (Wildman–Crippen LogP) is 3.76. The number of rotatable bonds is 3. The monoisotopic (exact) mass is 332 g/mol. The number of carbonyl (C=O) groups excluding carboxylic acids is 1. The van der Waals surface area contributed by atoms with Crippen molar-refractivity contribution in [1.29, 1.82) is 0 Å². The molecule has 21 heavy (non-hydrogen) atoms. The number of nitrogen functional groups attached to an aromatic ring is 1. The van der Waals surface area contributed by atoms with E-state index >= 15 is 0 Å². The van der Waals surface area contributed by atoms with Gasteiger partial charge in [-0.05, 0) is 18.9 Å². The topological polar surface area (TPSA) is 55.6 Å². The number of methoxy groups -OCH3 is 1. The Labute approximate surface area is 137 Å². The molecule has 6 heteroatoms. The van der Waals surface area contributed by atoms with Crippen LogP contribution in [0.3, 0.4) is 0 Å². The van der Waals surface area contributed by atoms with Crippen molar-refractivity contribution >= 4 is 35.6 Å². The first-order chi connectivity index (χ1) is 9.54. The van der Waals surface area contributed by atoms with E-state index < -0.39 is 0 Å². The lowest BCUT2D eigenvalue weighted by molar-refractivity contribution is 0.0693. The van der Waals surface area contributed by atoms with Gasteiger partial charge in [-0.25, -0.2) is 0 Å². The van der Waals surface area contributed by atoms with E-state index in [1.807, 2.05) is 11.9 Å². The number of benzene rings is 1. The molecule has 1 aliphatic rings. The third-order valence-corrected chi connectivity index (χ3v) is 4.32. The average molecular weight is 333 g/mol. The van der Waals surface area contributed by atoms with Gasteiger partial charge in [-0.15, -0.1) is 12.4 Å². The van der Waals surface area contributed by atoms with Crippen LogP contribution < -0.4 is 10.5 Å². The minimum atomic E-state index is -0.0596. The van der Waals surface area contributed by atoms with E-state index in [1.165, 1.54) is 26.4 Å². The van der Waals surface area contributed by atoms with Crippen LogP contribution in [0.1, 0.15) is 42.5 Å². The Bertz CT molecular complexity index is 503. The number of carbonyl (C=O) groups is 1. The van der Waals surface area contributed by atoms with Gasteiger partial charge in [0.15, 0.2) is 0 Å². The molecule has 0 atom stereocenters. The summed E-state index contributed by atoms with van der Waals surface area (Å²) in [6.45, 7) is 0. The Kier molecular flexibility index (Phi) is 6.62. The summed E-state index contributed by atoms with van der Waals surface area (Å²) in [5.41, 5.74) is 6.64. The minimum absolute atomic E-state index is 0. The van der Waals surface area contributed by atoms with Crippen molar-refractivity contribution in [3.8, 4) is 5.75 Å². The van der Waals surface area contributed by atoms with Gasteiger partial charge >= 0.3 is 0 Å². The SMILES string of the molecule is COc1cc(N)c(Cl)cc1C(=O)N(C)C1CCCCC1.Cl. The molecule has 0 unspecified atom stereocenters. The van der Waals surface area contributed by atoms with Crippen molar-refractivity contribution in [2.24, 2.45) is 0 Å². The lowest BCUT2D eigenvalue weighted by Gasteiger charge is -2.31. The Morgan fingerprint density at radius 1 is 1.33 bits per heavy atom. The van der Waals surface area contributed by atoms with Gasteiger partial charge in [-0.3, -0.25) is 4.79 Å². The van der Waals surface area contributed by atoms with Gasteiger partial charge in [0.05, 0.1) is 23.4 Å². The van der Waals surface area contributed by atoms with E-state index in [0.29, 0.717) is 28.1 Å². The number of anilines is 1. The Balaban J connectivity index is 0.00000220. The van der Waals surface area contributed by atoms with Gasteiger partial charge in [-0.1, -0.05) is 30.9 Å². The molecule has 1 aliphatic carbocycles. The van der Waals surface area contributed by atoms with Crippen molar-refractivity contribution in [1.82, 2.24) is 4.90 Å². The molecular weight excluding hydrogens is 311 g/mol. The smallest absolute Gasteiger partial charge is 0.257 e. The summed E-state index contributed by atoms with van der Waals surface area (Å²) in [6, 6.07) is 3.50. The van der Waals surface area contributed by atoms with Gasteiger partial charge in [0.25, 0.3) is 5.91 Å². The highest BCUT2D eigenvalue weighted by Gasteiger charge is 2.25. The zero-order valence-electron chi connectivity index (χ0n) is 12.4. The number of nitrogens with zero attached hydrogens (tertiary/aromatic N) is 1. The maximum absolute atomic E-state index is 12.6.